The van der Waals surface area contributed by atoms with Crippen LogP contribution in [0.15, 0.2) is 34.9 Å². The van der Waals surface area contributed by atoms with Gasteiger partial charge in [-0.2, -0.15) is 0 Å². The molecule has 0 fully saturated rings. The molecule has 2 rings (SSSR count). The topological polar surface area (TPSA) is 24.9 Å². The molecule has 0 aliphatic heterocycles. The van der Waals surface area contributed by atoms with Crippen molar-refractivity contribution >= 4 is 15.9 Å². The van der Waals surface area contributed by atoms with Crippen LogP contribution in [-0.2, 0) is 6.42 Å². The molecule has 0 bridgehead atoms. The van der Waals surface area contributed by atoms with E-state index in [4.69, 9.17) is 0 Å². The van der Waals surface area contributed by atoms with Crippen LogP contribution in [-0.4, -0.2) is 11.5 Å². The molecule has 2 aromatic rings. The highest BCUT2D eigenvalue weighted by atomic mass is 79.9. The zero-order valence-corrected chi connectivity index (χ0v) is 12.9. The Morgan fingerprint density at radius 1 is 1.19 bits per heavy atom. The van der Waals surface area contributed by atoms with E-state index in [-0.39, 0.29) is 22.2 Å². The first-order valence-corrected chi connectivity index (χ1v) is 7.30. The molecule has 112 valence electrons. The van der Waals surface area contributed by atoms with E-state index in [1.54, 1.807) is 0 Å². The molecular formula is C15H14BrF3N2. The zero-order chi connectivity index (χ0) is 15.4. The van der Waals surface area contributed by atoms with E-state index in [0.717, 1.165) is 0 Å². The summed E-state index contributed by atoms with van der Waals surface area (Å²) in [6.07, 6.45) is 1.43. The van der Waals surface area contributed by atoms with Gasteiger partial charge in [-0.05, 0) is 53.2 Å². The molecule has 2 nitrogen and oxygen atoms in total. The second-order valence-electron chi connectivity index (χ2n) is 4.51. The molecular weight excluding hydrogens is 345 g/mol. The van der Waals surface area contributed by atoms with Crippen molar-refractivity contribution in [2.24, 2.45) is 0 Å². The van der Waals surface area contributed by atoms with Gasteiger partial charge >= 0.3 is 0 Å². The van der Waals surface area contributed by atoms with Crippen LogP contribution in [0.5, 0.6) is 0 Å². The number of hydrogen-bond donors (Lipinski definition) is 1. The van der Waals surface area contributed by atoms with E-state index in [2.05, 4.69) is 26.2 Å². The van der Waals surface area contributed by atoms with Gasteiger partial charge in [0.05, 0.1) is 16.2 Å². The maximum Gasteiger partial charge on any atom is 0.146 e. The first-order valence-electron chi connectivity index (χ1n) is 6.50. The average Bonchev–Trinajstić information content (AvgIpc) is 2.47. The Bertz CT molecular complexity index is 634. The second kappa shape index (κ2) is 7.04. The van der Waals surface area contributed by atoms with Crippen LogP contribution in [0.25, 0.3) is 0 Å². The molecule has 1 unspecified atom stereocenters. The van der Waals surface area contributed by atoms with Crippen LogP contribution in [0.2, 0.25) is 0 Å². The Hall–Kier alpha value is -1.40. The third-order valence-corrected chi connectivity index (χ3v) is 3.73. The number of benzene rings is 1. The van der Waals surface area contributed by atoms with Crippen LogP contribution in [0.1, 0.15) is 24.2 Å². The predicted octanol–water partition coefficient (Wildman–Crippen LogP) is 4.15. The van der Waals surface area contributed by atoms with Gasteiger partial charge in [-0.25, -0.2) is 13.2 Å². The molecule has 1 atom stereocenters. The average molecular weight is 359 g/mol. The first-order chi connectivity index (χ1) is 10.0. The fourth-order valence-electron chi connectivity index (χ4n) is 2.13. The number of nitrogens with one attached hydrogen (secondary N) is 1. The fraction of sp³-hybridized carbons (Fsp3) is 0.267. The summed E-state index contributed by atoms with van der Waals surface area (Å²) >= 11 is 3.03. The van der Waals surface area contributed by atoms with Gasteiger partial charge in [0.25, 0.3) is 0 Å². The molecule has 1 aromatic carbocycles. The van der Waals surface area contributed by atoms with Crippen molar-refractivity contribution in [2.75, 3.05) is 6.54 Å². The summed E-state index contributed by atoms with van der Waals surface area (Å²) in [6, 6.07) is 4.63. The van der Waals surface area contributed by atoms with Crippen molar-refractivity contribution in [3.8, 4) is 0 Å². The summed E-state index contributed by atoms with van der Waals surface area (Å²) in [5, 5.41) is 3.01. The third-order valence-electron chi connectivity index (χ3n) is 3.11. The summed E-state index contributed by atoms with van der Waals surface area (Å²) in [5.74, 6) is -1.83. The largest absolute Gasteiger partial charge is 0.309 e. The van der Waals surface area contributed by atoms with Crippen molar-refractivity contribution < 1.29 is 13.2 Å². The fourth-order valence-corrected chi connectivity index (χ4v) is 2.50. The Morgan fingerprint density at radius 3 is 2.62 bits per heavy atom. The van der Waals surface area contributed by atoms with Gasteiger partial charge in [0.2, 0.25) is 0 Å². The number of likely N-dealkylation sites (N-methyl/N-ethyl adjacent to an activating group) is 1. The van der Waals surface area contributed by atoms with Gasteiger partial charge in [-0.15, -0.1) is 0 Å². The highest BCUT2D eigenvalue weighted by Crippen LogP contribution is 2.26. The maximum atomic E-state index is 14.1. The van der Waals surface area contributed by atoms with Crippen molar-refractivity contribution in [1.82, 2.24) is 10.3 Å². The van der Waals surface area contributed by atoms with Crippen LogP contribution in [0, 0.1) is 17.5 Å². The summed E-state index contributed by atoms with van der Waals surface area (Å²) in [6.45, 7) is 2.36. The normalized spacial score (nSPS) is 12.4. The number of aromatic nitrogens is 1. The van der Waals surface area contributed by atoms with Crippen molar-refractivity contribution in [1.29, 1.82) is 0 Å². The molecule has 1 heterocycles. The molecule has 1 aromatic heterocycles. The van der Waals surface area contributed by atoms with Crippen LogP contribution in [0.4, 0.5) is 13.2 Å². The highest BCUT2D eigenvalue weighted by molar-refractivity contribution is 9.10. The molecule has 6 heteroatoms. The third kappa shape index (κ3) is 3.63. The lowest BCUT2D eigenvalue weighted by Crippen LogP contribution is -2.25. The van der Waals surface area contributed by atoms with E-state index >= 15 is 0 Å². The molecule has 0 saturated carbocycles. The molecule has 0 saturated heterocycles. The lowest BCUT2D eigenvalue weighted by molar-refractivity contribution is 0.468. The highest BCUT2D eigenvalue weighted by Gasteiger charge is 2.21. The quantitative estimate of drug-likeness (QED) is 0.812. The van der Waals surface area contributed by atoms with Crippen LogP contribution < -0.4 is 5.32 Å². The molecule has 0 aliphatic rings. The number of halogens is 4. The van der Waals surface area contributed by atoms with Crippen molar-refractivity contribution in [3.05, 3.63) is 63.6 Å². The van der Waals surface area contributed by atoms with E-state index < -0.39 is 23.5 Å². The SMILES string of the molecule is CCNC(Cc1c(F)ccc(Br)c1F)c1ncccc1F. The van der Waals surface area contributed by atoms with Crippen LogP contribution in [0.3, 0.4) is 0 Å². The van der Waals surface area contributed by atoms with Crippen molar-refractivity contribution in [2.45, 2.75) is 19.4 Å². The van der Waals surface area contributed by atoms with Gasteiger partial charge < -0.3 is 5.32 Å². The summed E-state index contributed by atoms with van der Waals surface area (Å²) in [7, 11) is 0. The zero-order valence-electron chi connectivity index (χ0n) is 11.3. The number of rotatable bonds is 5. The van der Waals surface area contributed by atoms with E-state index in [0.29, 0.717) is 6.54 Å². The second-order valence-corrected chi connectivity index (χ2v) is 5.36. The lowest BCUT2D eigenvalue weighted by atomic mass is 10.0. The number of pyridine rings is 1. The molecule has 0 spiro atoms. The Morgan fingerprint density at radius 2 is 1.95 bits per heavy atom. The predicted molar refractivity (Wildman–Crippen MR) is 78.4 cm³/mol. The molecule has 0 aliphatic carbocycles. The van der Waals surface area contributed by atoms with Gasteiger partial charge in [0.1, 0.15) is 17.5 Å². The molecule has 1 N–H and O–H groups in total. The summed E-state index contributed by atoms with van der Waals surface area (Å²) < 4.78 is 41.9. The smallest absolute Gasteiger partial charge is 0.146 e. The minimum absolute atomic E-state index is 0.0289. The van der Waals surface area contributed by atoms with E-state index in [1.165, 1.54) is 30.5 Å². The number of hydrogen-bond acceptors (Lipinski definition) is 2. The minimum Gasteiger partial charge on any atom is -0.309 e. The Labute approximate surface area is 129 Å². The van der Waals surface area contributed by atoms with Gasteiger partial charge in [0.15, 0.2) is 0 Å². The van der Waals surface area contributed by atoms with E-state index in [1.807, 2.05) is 6.92 Å². The Balaban J connectivity index is 2.38. The Kier molecular flexibility index (Phi) is 5.36. The summed E-state index contributed by atoms with van der Waals surface area (Å²) in [4.78, 5) is 3.98. The monoisotopic (exact) mass is 358 g/mol. The van der Waals surface area contributed by atoms with Gasteiger partial charge in [-0.1, -0.05) is 6.92 Å². The maximum absolute atomic E-state index is 14.1. The molecule has 0 radical (unpaired) electrons. The van der Waals surface area contributed by atoms with Gasteiger partial charge in [0, 0.05) is 11.8 Å². The number of nitrogens with zero attached hydrogens (tertiary/aromatic N) is 1. The first kappa shape index (κ1) is 16.0. The lowest BCUT2D eigenvalue weighted by Gasteiger charge is -2.19. The molecule has 21 heavy (non-hydrogen) atoms. The van der Waals surface area contributed by atoms with Gasteiger partial charge in [-0.3, -0.25) is 4.98 Å². The minimum atomic E-state index is -0.672. The van der Waals surface area contributed by atoms with Crippen molar-refractivity contribution in [3.63, 3.8) is 0 Å². The summed E-state index contributed by atoms with van der Waals surface area (Å²) in [5.41, 5.74) is 0.0542. The molecule has 0 amide bonds. The standard InChI is InChI=1S/C15H14BrF3N2/c1-2-20-13(15-12(18)4-3-7-21-15)8-9-11(17)6-5-10(16)14(9)19/h3-7,13,20H,2,8H2,1H3. The van der Waals surface area contributed by atoms with Crippen LogP contribution >= 0.6 is 15.9 Å². The van der Waals surface area contributed by atoms with E-state index in [9.17, 15) is 13.2 Å².